The lowest BCUT2D eigenvalue weighted by molar-refractivity contribution is -0.138. The number of hydrogen-bond acceptors (Lipinski definition) is 17. The monoisotopic (exact) mass is 1110 g/mol. The molecule has 1 saturated heterocycles. The molecule has 5 atom stereocenters. The van der Waals surface area contributed by atoms with Crippen molar-refractivity contribution in [2.75, 3.05) is 121 Å². The average molecular weight is 1110 g/mol. The Hall–Kier alpha value is -4.29. The van der Waals surface area contributed by atoms with Crippen molar-refractivity contribution in [1.29, 1.82) is 0 Å². The number of hydrogen-bond donors (Lipinski definition) is 5. The van der Waals surface area contributed by atoms with Gasteiger partial charge in [0.15, 0.2) is 0 Å². The number of carbonyl (C=O) groups is 4. The first-order valence-corrected chi connectivity index (χ1v) is 27.5. The molecule has 3 fully saturated rings. The smallest absolute Gasteiger partial charge is 0.405 e. The van der Waals surface area contributed by atoms with E-state index in [-0.39, 0.29) is 42.9 Å². The summed E-state index contributed by atoms with van der Waals surface area (Å²) in [7, 11) is 11.0. The van der Waals surface area contributed by atoms with Gasteiger partial charge in [-0.05, 0) is 117 Å². The summed E-state index contributed by atoms with van der Waals surface area (Å²) in [5.41, 5.74) is 5.57. The van der Waals surface area contributed by atoms with Gasteiger partial charge < -0.3 is 74.7 Å². The number of allylic oxidation sites excluding steroid dienone is 4. The van der Waals surface area contributed by atoms with E-state index in [9.17, 15) is 32.3 Å². The van der Waals surface area contributed by atoms with Crippen molar-refractivity contribution in [2.45, 2.75) is 134 Å². The van der Waals surface area contributed by atoms with E-state index < -0.39 is 11.7 Å². The van der Waals surface area contributed by atoms with Gasteiger partial charge in [0.25, 0.3) is 0 Å². The summed E-state index contributed by atoms with van der Waals surface area (Å²) in [4.78, 5) is 54.8. The second kappa shape index (κ2) is 47.5. The van der Waals surface area contributed by atoms with Crippen LogP contribution in [0.15, 0.2) is 54.3 Å². The molecule has 1 aromatic rings. The van der Waals surface area contributed by atoms with Gasteiger partial charge in [0.2, 0.25) is 5.91 Å². The van der Waals surface area contributed by atoms with E-state index in [1.807, 2.05) is 57.1 Å². The fourth-order valence-electron chi connectivity index (χ4n) is 8.79. The molecular formula is C57H99F3N8O10. The van der Waals surface area contributed by atoms with Crippen LogP contribution >= 0.6 is 0 Å². The maximum atomic E-state index is 12.4. The Balaban J connectivity index is 0.000000960. The number of likely N-dealkylation sites (N-methyl/N-ethyl adjacent to an activating group) is 1. The van der Waals surface area contributed by atoms with Crippen molar-refractivity contribution in [3.8, 4) is 0 Å². The topological polar surface area (TPSA) is 228 Å². The van der Waals surface area contributed by atoms with E-state index in [1.54, 1.807) is 32.5 Å². The number of nitrogens with one attached hydrogen (secondary N) is 3. The van der Waals surface area contributed by atoms with Crippen LogP contribution in [0.3, 0.4) is 0 Å². The minimum atomic E-state index is -4.29. The fraction of sp³-hybridized carbons (Fsp3) is 0.719. The molecule has 4 aliphatic rings. The van der Waals surface area contributed by atoms with E-state index in [0.29, 0.717) is 82.9 Å². The number of halogens is 3. The number of alkyl halides is 3. The van der Waals surface area contributed by atoms with Crippen LogP contribution in [0.5, 0.6) is 0 Å². The highest BCUT2D eigenvalue weighted by molar-refractivity contribution is 5.81. The Labute approximate surface area is 464 Å². The molecule has 5 rings (SSSR count). The first kappa shape index (κ1) is 73.7. The van der Waals surface area contributed by atoms with Crippen LogP contribution < -0.4 is 21.7 Å². The van der Waals surface area contributed by atoms with E-state index >= 15 is 0 Å². The molecule has 0 radical (unpaired) electrons. The van der Waals surface area contributed by atoms with Crippen LogP contribution in [0.1, 0.15) is 107 Å². The Morgan fingerprint density at radius 3 is 2.36 bits per heavy atom. The molecule has 6 N–H and O–H groups in total. The van der Waals surface area contributed by atoms with Crippen molar-refractivity contribution in [1.82, 2.24) is 30.7 Å². The van der Waals surface area contributed by atoms with Crippen molar-refractivity contribution >= 4 is 31.0 Å². The molecule has 0 aromatic carbocycles. The number of carbonyl (C=O) groups excluding carboxylic acids is 4. The van der Waals surface area contributed by atoms with Gasteiger partial charge in [0.05, 0.1) is 69.9 Å². The predicted molar refractivity (Wildman–Crippen MR) is 302 cm³/mol. The Kier molecular flexibility index (Phi) is 44.9. The molecule has 1 amide bonds. The van der Waals surface area contributed by atoms with Gasteiger partial charge in [-0.15, -0.1) is 0 Å². The quantitative estimate of drug-likeness (QED) is 0.0298. The van der Waals surface area contributed by atoms with Gasteiger partial charge >= 0.3 is 6.18 Å². The predicted octanol–water partition coefficient (Wildman–Crippen LogP) is 5.93. The zero-order chi connectivity index (χ0) is 58.3. The number of ether oxygens (including phenoxy) is 5. The third-order valence-corrected chi connectivity index (χ3v) is 12.9. The molecule has 1 aromatic heterocycles. The number of aliphatic hydroxyl groups is 1. The molecule has 3 heterocycles. The number of aromatic nitrogens is 1. The van der Waals surface area contributed by atoms with Crippen LogP contribution in [-0.4, -0.2) is 197 Å². The zero-order valence-corrected chi connectivity index (χ0v) is 48.2. The number of aliphatic hydroxyl groups excluding tert-OH is 1. The SMILES string of the molecule is C/C=C\N.C=C/C=C\C=NC.CN(C)CC(CC=O)C(=O)NCCO.CN1CCc2ncc(C(F)(F)F)cc2C1.CNCCCC1(C=O)CCC(NC2CCOCC2OC)C1.O=CCCOCCOCCOC1CCCCC1. The normalized spacial score (nSPS) is 20.7. The van der Waals surface area contributed by atoms with E-state index in [1.165, 1.54) is 50.7 Å². The number of fused-ring (bicyclic) bond motifs is 1. The van der Waals surface area contributed by atoms with Crippen LogP contribution in [0.25, 0.3) is 0 Å². The summed E-state index contributed by atoms with van der Waals surface area (Å²) in [6, 6.07) is 2.00. The number of methoxy groups -OCH3 is 1. The highest BCUT2D eigenvalue weighted by Crippen LogP contribution is 2.41. The number of rotatable bonds is 27. The highest BCUT2D eigenvalue weighted by atomic mass is 19.4. The largest absolute Gasteiger partial charge is 0.417 e. The Morgan fingerprint density at radius 2 is 1.77 bits per heavy atom. The van der Waals surface area contributed by atoms with Crippen molar-refractivity contribution < 1.29 is 61.1 Å². The number of pyridine rings is 1. The first-order chi connectivity index (χ1) is 37.6. The molecule has 0 spiro atoms. The zero-order valence-electron chi connectivity index (χ0n) is 48.2. The standard InChI is InChI=1S/C16H30N2O3.C13H24O4.C10H11F3N2.C9H18N2O3.C6H9N.C3H7N/c1-17-8-3-6-16(12-19)7-4-13(10-16)18-14-5-9-21-11-15(14)20-2;14-7-4-8-15-9-10-16-11-12-17-13-5-2-1-3-6-13;1-15-3-2-9-7(6-15)4-8(5-14-9)10(11,12)13;1-11(2)7-8(3-5-12)9(14)10-4-6-13;1-3-4-5-6-7-2;1-2-3-4/h12-15,17-18H,3-11H2,1-2H3;7,13H,1-6,8-12H2;4-5H,2-3,6H2,1H3;5,8,13H,3-4,6-7H2,1-2H3,(H,10,14);3-6H,1H2,2H3;2-3H,4H2,1H3/b;;;;5-4-,7-6?;3-2-. The molecule has 2 saturated carbocycles. The number of aldehydes is 3. The number of nitrogens with two attached hydrogens (primary N) is 1. The van der Waals surface area contributed by atoms with E-state index in [4.69, 9.17) is 34.5 Å². The average Bonchev–Trinajstić information content (AvgIpc) is 3.85. The van der Waals surface area contributed by atoms with Gasteiger partial charge in [-0.3, -0.25) is 14.8 Å². The second-order valence-corrected chi connectivity index (χ2v) is 19.6. The van der Waals surface area contributed by atoms with Crippen LogP contribution in [0, 0.1) is 11.3 Å². The lowest BCUT2D eigenvalue weighted by Crippen LogP contribution is -2.50. The van der Waals surface area contributed by atoms with Gasteiger partial charge in [0.1, 0.15) is 18.9 Å². The van der Waals surface area contributed by atoms with Crippen LogP contribution in [0.4, 0.5) is 13.2 Å². The summed E-state index contributed by atoms with van der Waals surface area (Å²) in [5, 5.41) is 17.9. The third-order valence-electron chi connectivity index (χ3n) is 12.9. The van der Waals surface area contributed by atoms with Crippen LogP contribution in [-0.2, 0) is 62.0 Å². The summed E-state index contributed by atoms with van der Waals surface area (Å²) < 4.78 is 64.4. The lowest BCUT2D eigenvalue weighted by Gasteiger charge is -2.33. The maximum absolute atomic E-state index is 12.4. The summed E-state index contributed by atoms with van der Waals surface area (Å²) >= 11 is 0. The van der Waals surface area contributed by atoms with Crippen LogP contribution in [0.2, 0.25) is 0 Å². The fourth-order valence-corrected chi connectivity index (χ4v) is 8.79. The first-order valence-electron chi connectivity index (χ1n) is 27.5. The third kappa shape index (κ3) is 36.1. The molecule has 21 heteroatoms. The molecule has 18 nitrogen and oxygen atoms in total. The van der Waals surface area contributed by atoms with Crippen molar-refractivity contribution in [2.24, 2.45) is 22.1 Å². The lowest BCUT2D eigenvalue weighted by atomic mass is 9.83. The van der Waals surface area contributed by atoms with E-state index in [0.717, 1.165) is 89.1 Å². The van der Waals surface area contributed by atoms with Gasteiger partial charge in [0, 0.05) is 102 Å². The van der Waals surface area contributed by atoms with Crippen molar-refractivity contribution in [3.63, 3.8) is 0 Å². The summed E-state index contributed by atoms with van der Waals surface area (Å²) in [6.07, 6.45) is 24.3. The molecule has 78 heavy (non-hydrogen) atoms. The molecule has 448 valence electrons. The molecular weight excluding hydrogens is 1010 g/mol. The second-order valence-electron chi connectivity index (χ2n) is 19.6. The minimum Gasteiger partial charge on any atom is -0.405 e. The minimum absolute atomic E-state index is 0.0818. The maximum Gasteiger partial charge on any atom is 0.417 e. The molecule has 5 unspecified atom stereocenters. The Morgan fingerprint density at radius 1 is 1.06 bits per heavy atom. The van der Waals surface area contributed by atoms with E-state index in [2.05, 4.69) is 32.5 Å². The van der Waals surface area contributed by atoms with Gasteiger partial charge in [-0.25, -0.2) is 0 Å². The highest BCUT2D eigenvalue weighted by Gasteiger charge is 2.40. The summed E-state index contributed by atoms with van der Waals surface area (Å²) in [5.74, 6) is -0.506. The van der Waals surface area contributed by atoms with Crippen molar-refractivity contribution in [3.05, 3.63) is 66.2 Å². The van der Waals surface area contributed by atoms with Gasteiger partial charge in [-0.2, -0.15) is 13.2 Å². The summed E-state index contributed by atoms with van der Waals surface area (Å²) in [6.45, 7) is 12.8. The molecule has 2 aliphatic heterocycles. The van der Waals surface area contributed by atoms with Gasteiger partial charge in [-0.1, -0.05) is 44.1 Å². The molecule has 2 aliphatic carbocycles. The number of aliphatic imine (C=N–C) groups is 1. The Bertz CT molecular complexity index is 1790. The number of nitrogens with zero attached hydrogens (tertiary/aromatic N) is 4. The number of amides is 1. The molecule has 0 bridgehead atoms.